The van der Waals surface area contributed by atoms with Crippen molar-refractivity contribution in [2.45, 2.75) is 70.1 Å². The SMILES string of the molecule is [2H]C([2H])(Nc1ccc(S(=O)(=O)NC(=O)c2ccc(N3CCN(C([2H])([2H])C4=C(c5ccc(Cl)cc5)CC(C)(C)CC4)CC3)cc2Oc2cnc3[nH]ccc3c2)cc1[N+](=O)[O-])C1CCCCC1. The molecule has 2 aromatic heterocycles. The molecular weight excluding hydrogens is 814 g/mol. The van der Waals surface area contributed by atoms with Crippen LogP contribution in [0.5, 0.6) is 11.5 Å². The summed E-state index contributed by atoms with van der Waals surface area (Å²) >= 11 is 6.22. The Labute approximate surface area is 367 Å². The molecular formula is C46H52ClN7O6S. The number of benzene rings is 3. The lowest BCUT2D eigenvalue weighted by Gasteiger charge is -2.39. The normalized spacial score (nSPS) is 19.1. The number of rotatable bonds is 13. The highest BCUT2D eigenvalue weighted by molar-refractivity contribution is 7.90. The Kier molecular flexibility index (Phi) is 10.9. The fraction of sp³-hybridized carbons (Fsp3) is 0.391. The van der Waals surface area contributed by atoms with Crippen LogP contribution < -0.4 is 19.7 Å². The van der Waals surface area contributed by atoms with Crippen LogP contribution in [-0.2, 0) is 10.0 Å². The molecule has 320 valence electrons. The first-order valence-electron chi connectivity index (χ1n) is 22.7. The monoisotopic (exact) mass is 869 g/mol. The maximum Gasteiger partial charge on any atom is 0.293 e. The van der Waals surface area contributed by atoms with E-state index in [2.05, 4.69) is 34.0 Å². The van der Waals surface area contributed by atoms with Crippen LogP contribution >= 0.6 is 11.6 Å². The van der Waals surface area contributed by atoms with Gasteiger partial charge < -0.3 is 19.9 Å². The zero-order chi connectivity index (χ0) is 46.3. The summed E-state index contributed by atoms with van der Waals surface area (Å²) in [6, 6.07) is 18.9. The Morgan fingerprint density at radius 2 is 1.80 bits per heavy atom. The van der Waals surface area contributed by atoms with Crippen molar-refractivity contribution in [3.63, 3.8) is 0 Å². The van der Waals surface area contributed by atoms with Crippen LogP contribution in [0.15, 0.2) is 95.7 Å². The Bertz CT molecular complexity index is 2750. The smallest absolute Gasteiger partial charge is 0.293 e. The number of allylic oxidation sites excluding steroid dienone is 1. The van der Waals surface area contributed by atoms with E-state index in [1.165, 1.54) is 12.3 Å². The number of aromatic nitrogens is 2. The van der Waals surface area contributed by atoms with E-state index in [1.807, 2.05) is 33.9 Å². The van der Waals surface area contributed by atoms with Crippen LogP contribution in [0.4, 0.5) is 17.1 Å². The van der Waals surface area contributed by atoms with Gasteiger partial charge in [-0.25, -0.2) is 18.1 Å². The predicted molar refractivity (Wildman–Crippen MR) is 240 cm³/mol. The van der Waals surface area contributed by atoms with Crippen LogP contribution in [0.2, 0.25) is 5.02 Å². The van der Waals surface area contributed by atoms with Gasteiger partial charge in [-0.2, -0.15) is 0 Å². The molecule has 0 unspecified atom stereocenters. The van der Waals surface area contributed by atoms with Gasteiger partial charge in [0.15, 0.2) is 0 Å². The van der Waals surface area contributed by atoms with Gasteiger partial charge in [0.25, 0.3) is 21.6 Å². The lowest BCUT2D eigenvalue weighted by Crippen LogP contribution is -2.47. The highest BCUT2D eigenvalue weighted by atomic mass is 35.5. The molecule has 0 spiro atoms. The molecule has 1 saturated carbocycles. The second kappa shape index (κ2) is 17.9. The summed E-state index contributed by atoms with van der Waals surface area (Å²) in [5.41, 5.74) is 3.07. The fourth-order valence-corrected chi connectivity index (χ4v) is 9.40. The number of nitrogens with zero attached hydrogens (tertiary/aromatic N) is 4. The minimum Gasteiger partial charge on any atom is -0.455 e. The van der Waals surface area contributed by atoms with Gasteiger partial charge >= 0.3 is 0 Å². The molecule has 1 aliphatic heterocycles. The molecule has 61 heavy (non-hydrogen) atoms. The van der Waals surface area contributed by atoms with Crippen LogP contribution in [-0.4, -0.2) is 73.3 Å². The third kappa shape index (κ3) is 10.0. The number of nitrogens with one attached hydrogen (secondary N) is 3. The van der Waals surface area contributed by atoms with Gasteiger partial charge in [0.2, 0.25) is 0 Å². The number of piperazine rings is 1. The van der Waals surface area contributed by atoms with Crippen LogP contribution in [0.1, 0.15) is 86.6 Å². The van der Waals surface area contributed by atoms with Gasteiger partial charge in [0.1, 0.15) is 22.8 Å². The van der Waals surface area contributed by atoms with E-state index in [1.54, 1.807) is 30.5 Å². The summed E-state index contributed by atoms with van der Waals surface area (Å²) in [6.45, 7) is 2.40. The highest BCUT2D eigenvalue weighted by Gasteiger charge is 2.30. The van der Waals surface area contributed by atoms with E-state index in [0.717, 1.165) is 72.4 Å². The van der Waals surface area contributed by atoms with Crippen molar-refractivity contribution in [1.82, 2.24) is 19.6 Å². The molecule has 0 atom stereocenters. The lowest BCUT2D eigenvalue weighted by molar-refractivity contribution is -0.384. The molecule has 5 aromatic rings. The lowest BCUT2D eigenvalue weighted by atomic mass is 9.72. The summed E-state index contributed by atoms with van der Waals surface area (Å²) in [7, 11) is -4.70. The van der Waals surface area contributed by atoms with Crippen molar-refractivity contribution >= 4 is 61.2 Å². The number of sulfonamides is 1. The zero-order valence-corrected chi connectivity index (χ0v) is 35.7. The fourth-order valence-electron chi connectivity index (χ4n) is 8.29. The number of halogens is 1. The third-order valence-corrected chi connectivity index (χ3v) is 13.3. The minimum absolute atomic E-state index is 0.0154. The third-order valence-electron chi connectivity index (χ3n) is 11.7. The zero-order valence-electron chi connectivity index (χ0n) is 38.2. The van der Waals surface area contributed by atoms with Crippen molar-refractivity contribution in [1.29, 1.82) is 0 Å². The number of hydrogen-bond donors (Lipinski definition) is 3. The standard InChI is InChI=1S/C46H52ClN7O6S/c1-46(2)18-16-34(40(27-46)32-8-10-35(47)11-9-32)30-52-20-22-53(23-21-52)36-12-14-39(43(25-36)60-37-24-33-17-19-48-44(33)50-29-37)45(55)51-61(58,59)38-13-15-41(42(26-38)54(56)57)49-28-31-6-4-3-5-7-31/h8-15,17,19,24-26,29,31,49H,3-7,16,18,20-23,27-28,30H2,1-2H3,(H,48,50)(H,51,55)/i28D2,30D2. The maximum atomic E-state index is 14.0. The Balaban J connectivity index is 1.04. The maximum absolute atomic E-state index is 14.0. The Morgan fingerprint density at radius 3 is 2.56 bits per heavy atom. The number of H-pyrrole nitrogens is 1. The summed E-state index contributed by atoms with van der Waals surface area (Å²) in [6.07, 6.45) is 9.35. The Hall–Kier alpha value is -5.44. The first-order chi connectivity index (χ1) is 30.8. The number of amides is 1. The molecule has 0 bridgehead atoms. The summed E-state index contributed by atoms with van der Waals surface area (Å²) < 4.78 is 72.0. The number of nitro benzene ring substituents is 1. The van der Waals surface area contributed by atoms with Gasteiger partial charge in [-0.1, -0.05) is 62.4 Å². The molecule has 1 amide bonds. The molecule has 1 saturated heterocycles. The van der Waals surface area contributed by atoms with Crippen molar-refractivity contribution < 1.29 is 28.4 Å². The molecule has 15 heteroatoms. The van der Waals surface area contributed by atoms with Crippen molar-refractivity contribution in [2.75, 3.05) is 49.4 Å². The number of hydrogen-bond acceptors (Lipinski definition) is 10. The largest absolute Gasteiger partial charge is 0.455 e. The van der Waals surface area contributed by atoms with E-state index in [0.29, 0.717) is 61.8 Å². The molecule has 3 N–H and O–H groups in total. The van der Waals surface area contributed by atoms with E-state index < -0.39 is 44.4 Å². The van der Waals surface area contributed by atoms with Gasteiger partial charge in [0.05, 0.1) is 21.6 Å². The molecule has 2 aliphatic carbocycles. The van der Waals surface area contributed by atoms with Crippen molar-refractivity contribution in [3.8, 4) is 11.5 Å². The van der Waals surface area contributed by atoms with Crippen LogP contribution in [0.25, 0.3) is 16.6 Å². The first-order valence-corrected chi connectivity index (χ1v) is 22.5. The van der Waals surface area contributed by atoms with Crippen molar-refractivity contribution in [3.05, 3.63) is 117 Å². The van der Waals surface area contributed by atoms with E-state index in [9.17, 15) is 26.1 Å². The molecule has 0 radical (unpaired) electrons. The topological polar surface area (TPSA) is 163 Å². The van der Waals surface area contributed by atoms with E-state index in [4.69, 9.17) is 19.1 Å². The van der Waals surface area contributed by atoms with Crippen LogP contribution in [0, 0.1) is 21.4 Å². The number of carbonyl (C=O) groups excluding carboxylic acids is 1. The molecule has 2 fully saturated rings. The van der Waals surface area contributed by atoms with Crippen molar-refractivity contribution in [2.24, 2.45) is 11.3 Å². The van der Waals surface area contributed by atoms with E-state index in [-0.39, 0.29) is 34.1 Å². The first kappa shape index (κ1) is 37.3. The molecule has 3 heterocycles. The Morgan fingerprint density at radius 1 is 1.03 bits per heavy atom. The quantitative estimate of drug-likeness (QED) is 0.0767. The molecule has 3 aliphatic rings. The van der Waals surface area contributed by atoms with Gasteiger partial charge in [0, 0.05) is 79.1 Å². The number of fused-ring (bicyclic) bond motifs is 1. The summed E-state index contributed by atoms with van der Waals surface area (Å²) in [5, 5.41) is 16.2. The molecule has 8 rings (SSSR count). The number of nitro groups is 1. The number of pyridine rings is 1. The molecule has 3 aromatic carbocycles. The second-order valence-electron chi connectivity index (χ2n) is 16.7. The number of aromatic amines is 1. The average Bonchev–Trinajstić information content (AvgIpc) is 3.74. The summed E-state index contributed by atoms with van der Waals surface area (Å²) in [4.78, 5) is 36.1. The summed E-state index contributed by atoms with van der Waals surface area (Å²) in [5.74, 6) is -1.14. The highest BCUT2D eigenvalue weighted by Crippen LogP contribution is 2.43. The number of ether oxygens (including phenoxy) is 1. The minimum atomic E-state index is -4.70. The second-order valence-corrected chi connectivity index (χ2v) is 18.9. The van der Waals surface area contributed by atoms with Gasteiger partial charge in [-0.05, 0) is 103 Å². The average molecular weight is 871 g/mol. The molecule has 13 nitrogen and oxygen atoms in total. The van der Waals surface area contributed by atoms with Gasteiger partial charge in [-0.15, -0.1) is 0 Å². The van der Waals surface area contributed by atoms with E-state index >= 15 is 0 Å². The number of carbonyl (C=O) groups is 1. The predicted octanol–water partition coefficient (Wildman–Crippen LogP) is 9.81. The van der Waals surface area contributed by atoms with Crippen LogP contribution in [0.3, 0.4) is 0 Å². The van der Waals surface area contributed by atoms with Gasteiger partial charge in [-0.3, -0.25) is 19.8 Å². The number of anilines is 2.